The van der Waals surface area contributed by atoms with Gasteiger partial charge in [0.15, 0.2) is 0 Å². The molecule has 1 aromatic carbocycles. The van der Waals surface area contributed by atoms with Crippen LogP contribution >= 0.6 is 0 Å². The van der Waals surface area contributed by atoms with Crippen molar-refractivity contribution in [1.82, 2.24) is 9.55 Å². The number of benzene rings is 1. The molecular formula is C17H26N4O2. The van der Waals surface area contributed by atoms with Crippen LogP contribution in [0.2, 0.25) is 0 Å². The Bertz CT molecular complexity index is 715. The zero-order valence-corrected chi connectivity index (χ0v) is 14.3. The van der Waals surface area contributed by atoms with Gasteiger partial charge in [0.1, 0.15) is 0 Å². The lowest BCUT2D eigenvalue weighted by Crippen LogP contribution is -2.48. The minimum Gasteiger partial charge on any atom is -0.389 e. The highest BCUT2D eigenvalue weighted by Crippen LogP contribution is 2.28. The van der Waals surface area contributed by atoms with Crippen LogP contribution in [0.4, 0.5) is 11.6 Å². The Morgan fingerprint density at radius 3 is 2.78 bits per heavy atom. The number of anilines is 2. The molecule has 0 saturated carbocycles. The maximum atomic E-state index is 10.1. The third-order valence-electron chi connectivity index (χ3n) is 4.10. The summed E-state index contributed by atoms with van der Waals surface area (Å²) in [6.07, 6.45) is 0. The first-order valence-electron chi connectivity index (χ1n) is 8.02. The van der Waals surface area contributed by atoms with E-state index in [2.05, 4.69) is 35.9 Å². The highest BCUT2D eigenvalue weighted by Gasteiger charge is 2.27. The summed E-state index contributed by atoms with van der Waals surface area (Å²) in [7, 11) is 0. The van der Waals surface area contributed by atoms with Crippen molar-refractivity contribution in [1.29, 1.82) is 0 Å². The second-order valence-corrected chi connectivity index (χ2v) is 7.57. The zero-order chi connectivity index (χ0) is 16.8. The third kappa shape index (κ3) is 3.43. The number of imidazole rings is 1. The fourth-order valence-corrected chi connectivity index (χ4v) is 3.12. The van der Waals surface area contributed by atoms with Crippen LogP contribution < -0.4 is 10.6 Å². The molecule has 0 radical (unpaired) electrons. The molecule has 0 aliphatic carbocycles. The second kappa shape index (κ2) is 5.39. The van der Waals surface area contributed by atoms with Crippen LogP contribution in [0.3, 0.4) is 0 Å². The van der Waals surface area contributed by atoms with E-state index in [-0.39, 0.29) is 5.60 Å². The summed E-state index contributed by atoms with van der Waals surface area (Å²) >= 11 is 0. The van der Waals surface area contributed by atoms with E-state index in [0.29, 0.717) is 12.5 Å². The quantitative estimate of drug-likeness (QED) is 0.905. The molecule has 0 spiro atoms. The minimum atomic E-state index is -0.839. The Morgan fingerprint density at radius 2 is 2.13 bits per heavy atom. The molecule has 1 saturated heterocycles. The van der Waals surface area contributed by atoms with Gasteiger partial charge in [0.25, 0.3) is 0 Å². The molecule has 2 heterocycles. The number of nitrogen functional groups attached to an aromatic ring is 1. The summed E-state index contributed by atoms with van der Waals surface area (Å²) in [6.45, 7) is 10.6. The van der Waals surface area contributed by atoms with Crippen molar-refractivity contribution in [3.63, 3.8) is 0 Å². The van der Waals surface area contributed by atoms with Crippen molar-refractivity contribution in [3.8, 4) is 0 Å². The maximum absolute atomic E-state index is 10.1. The van der Waals surface area contributed by atoms with Gasteiger partial charge in [-0.25, -0.2) is 4.98 Å². The Morgan fingerprint density at radius 1 is 1.39 bits per heavy atom. The highest BCUT2D eigenvalue weighted by molar-refractivity contribution is 5.82. The topological polar surface area (TPSA) is 76.5 Å². The number of aliphatic hydroxyl groups is 1. The van der Waals surface area contributed by atoms with Gasteiger partial charge < -0.3 is 25.0 Å². The van der Waals surface area contributed by atoms with Gasteiger partial charge >= 0.3 is 0 Å². The molecule has 1 fully saturated rings. The van der Waals surface area contributed by atoms with Crippen LogP contribution in [0.1, 0.15) is 27.7 Å². The molecular weight excluding hydrogens is 292 g/mol. The van der Waals surface area contributed by atoms with Crippen LogP contribution in [0.5, 0.6) is 0 Å². The van der Waals surface area contributed by atoms with E-state index in [4.69, 9.17) is 10.5 Å². The van der Waals surface area contributed by atoms with Gasteiger partial charge in [0, 0.05) is 18.8 Å². The van der Waals surface area contributed by atoms with Gasteiger partial charge in [-0.15, -0.1) is 0 Å². The SMILES string of the molecule is CC(C)(O)Cn1c(N)nc2cc(N3CCOC(C)(C)C3)ccc21. The Balaban J connectivity index is 1.94. The normalized spacial score (nSPS) is 18.6. The van der Waals surface area contributed by atoms with Gasteiger partial charge in [0.2, 0.25) is 5.95 Å². The minimum absolute atomic E-state index is 0.146. The summed E-state index contributed by atoms with van der Waals surface area (Å²) in [4.78, 5) is 6.77. The van der Waals surface area contributed by atoms with Gasteiger partial charge in [-0.2, -0.15) is 0 Å². The van der Waals surface area contributed by atoms with Gasteiger partial charge in [-0.1, -0.05) is 0 Å². The molecule has 1 aliphatic heterocycles. The lowest BCUT2D eigenvalue weighted by atomic mass is 10.1. The van der Waals surface area contributed by atoms with E-state index in [1.807, 2.05) is 10.6 Å². The first kappa shape index (κ1) is 16.1. The van der Waals surface area contributed by atoms with Crippen molar-refractivity contribution in [2.45, 2.75) is 45.4 Å². The molecule has 1 aliphatic rings. The van der Waals surface area contributed by atoms with Crippen molar-refractivity contribution >= 4 is 22.7 Å². The Hall–Kier alpha value is -1.79. The molecule has 6 heteroatoms. The number of nitrogens with zero attached hydrogens (tertiary/aromatic N) is 3. The summed E-state index contributed by atoms with van der Waals surface area (Å²) < 4.78 is 7.64. The van der Waals surface area contributed by atoms with Crippen molar-refractivity contribution in [3.05, 3.63) is 18.2 Å². The number of ether oxygens (including phenoxy) is 1. The van der Waals surface area contributed by atoms with Crippen LogP contribution in [0.25, 0.3) is 11.0 Å². The number of hydrogen-bond acceptors (Lipinski definition) is 5. The average molecular weight is 318 g/mol. The first-order chi connectivity index (χ1) is 10.6. The van der Waals surface area contributed by atoms with E-state index in [1.54, 1.807) is 13.8 Å². The molecule has 3 N–H and O–H groups in total. The molecule has 0 atom stereocenters. The van der Waals surface area contributed by atoms with E-state index in [0.717, 1.165) is 36.4 Å². The van der Waals surface area contributed by atoms with Gasteiger partial charge in [-0.05, 0) is 45.9 Å². The fraction of sp³-hybridized carbons (Fsp3) is 0.588. The largest absolute Gasteiger partial charge is 0.389 e. The van der Waals surface area contributed by atoms with Crippen molar-refractivity contribution in [2.75, 3.05) is 30.3 Å². The summed E-state index contributed by atoms with van der Waals surface area (Å²) in [5.41, 5.74) is 7.98. The molecule has 23 heavy (non-hydrogen) atoms. The number of fused-ring (bicyclic) bond motifs is 1. The Kier molecular flexibility index (Phi) is 3.77. The molecule has 126 valence electrons. The van der Waals surface area contributed by atoms with Crippen LogP contribution in [0, 0.1) is 0 Å². The molecule has 0 unspecified atom stereocenters. The van der Waals surface area contributed by atoms with E-state index in [1.165, 1.54) is 0 Å². The number of rotatable bonds is 3. The van der Waals surface area contributed by atoms with E-state index >= 15 is 0 Å². The maximum Gasteiger partial charge on any atom is 0.201 e. The zero-order valence-electron chi connectivity index (χ0n) is 14.3. The molecule has 0 amide bonds. The lowest BCUT2D eigenvalue weighted by Gasteiger charge is -2.39. The number of morpholine rings is 1. The predicted molar refractivity (Wildman–Crippen MR) is 92.7 cm³/mol. The second-order valence-electron chi connectivity index (χ2n) is 7.57. The fourth-order valence-electron chi connectivity index (χ4n) is 3.12. The monoisotopic (exact) mass is 318 g/mol. The summed E-state index contributed by atoms with van der Waals surface area (Å²) in [5, 5.41) is 10.1. The Labute approximate surface area is 136 Å². The summed E-state index contributed by atoms with van der Waals surface area (Å²) in [6, 6.07) is 6.18. The molecule has 0 bridgehead atoms. The van der Waals surface area contributed by atoms with Crippen molar-refractivity contribution in [2.24, 2.45) is 0 Å². The van der Waals surface area contributed by atoms with Crippen LogP contribution in [-0.2, 0) is 11.3 Å². The number of hydrogen-bond donors (Lipinski definition) is 2. The summed E-state index contributed by atoms with van der Waals surface area (Å²) in [5.74, 6) is 0.432. The molecule has 1 aromatic heterocycles. The predicted octanol–water partition coefficient (Wildman–Crippen LogP) is 2.00. The average Bonchev–Trinajstić information content (AvgIpc) is 2.71. The van der Waals surface area contributed by atoms with Crippen molar-refractivity contribution < 1.29 is 9.84 Å². The van der Waals surface area contributed by atoms with Crippen LogP contribution in [0.15, 0.2) is 18.2 Å². The number of nitrogens with two attached hydrogens (primary N) is 1. The highest BCUT2D eigenvalue weighted by atomic mass is 16.5. The van der Waals surface area contributed by atoms with E-state index < -0.39 is 5.60 Å². The van der Waals surface area contributed by atoms with Crippen LogP contribution in [-0.4, -0.2) is 45.6 Å². The standard InChI is InChI=1S/C17H26N4O2/c1-16(2,22)10-21-14-6-5-12(9-13(14)19-15(21)18)20-7-8-23-17(3,4)11-20/h5-6,9,22H,7-8,10-11H2,1-4H3,(H2,18,19). The van der Waals surface area contributed by atoms with Gasteiger partial charge in [0.05, 0.1) is 35.4 Å². The third-order valence-corrected chi connectivity index (χ3v) is 4.10. The first-order valence-corrected chi connectivity index (χ1v) is 8.02. The molecule has 6 nitrogen and oxygen atoms in total. The molecule has 2 aromatic rings. The van der Waals surface area contributed by atoms with Gasteiger partial charge in [-0.3, -0.25) is 0 Å². The number of aromatic nitrogens is 2. The smallest absolute Gasteiger partial charge is 0.201 e. The molecule has 3 rings (SSSR count). The lowest BCUT2D eigenvalue weighted by molar-refractivity contribution is -0.0276. The van der Waals surface area contributed by atoms with E-state index in [9.17, 15) is 5.11 Å².